The van der Waals surface area contributed by atoms with Crippen LogP contribution >= 0.6 is 24.0 Å². The molecule has 1 amide bonds. The molecule has 0 spiro atoms. The second kappa shape index (κ2) is 10.2. The minimum absolute atomic E-state index is 0. The summed E-state index contributed by atoms with van der Waals surface area (Å²) in [4.78, 5) is 15.5. The van der Waals surface area contributed by atoms with Gasteiger partial charge in [0.2, 0.25) is 5.91 Å². The molecule has 1 saturated carbocycles. The van der Waals surface area contributed by atoms with Crippen molar-refractivity contribution in [1.29, 1.82) is 0 Å². The highest BCUT2D eigenvalue weighted by Gasteiger charge is 2.14. The summed E-state index contributed by atoms with van der Waals surface area (Å²) in [6.45, 7) is 4.20. The summed E-state index contributed by atoms with van der Waals surface area (Å²) in [7, 11) is 0. The van der Waals surface area contributed by atoms with Crippen molar-refractivity contribution < 1.29 is 4.79 Å². The first kappa shape index (κ1) is 17.2. The monoisotopic (exact) mass is 366 g/mol. The first-order chi connectivity index (χ1) is 8.22. The number of halogens is 1. The lowest BCUT2D eigenvalue weighted by atomic mass is 9.95. The van der Waals surface area contributed by atoms with Crippen molar-refractivity contribution in [2.75, 3.05) is 13.1 Å². The van der Waals surface area contributed by atoms with Crippen LogP contribution in [-0.2, 0) is 4.79 Å². The molecule has 1 aliphatic rings. The van der Waals surface area contributed by atoms with Crippen molar-refractivity contribution in [3.8, 4) is 0 Å². The Morgan fingerprint density at radius 3 is 2.67 bits per heavy atom. The van der Waals surface area contributed by atoms with Gasteiger partial charge in [0.1, 0.15) is 6.54 Å². The molecule has 5 nitrogen and oxygen atoms in total. The maximum absolute atomic E-state index is 11.6. The molecule has 1 rings (SSSR count). The average Bonchev–Trinajstić information content (AvgIpc) is 2.35. The first-order valence-electron chi connectivity index (χ1n) is 6.16. The number of nitrogens with zero attached hydrogens (tertiary/aromatic N) is 1. The Balaban J connectivity index is 0.00000289. The van der Waals surface area contributed by atoms with E-state index >= 15 is 0 Å². The van der Waals surface area contributed by atoms with E-state index in [1.54, 1.807) is 6.08 Å². The number of rotatable bonds is 5. The molecule has 6 heteroatoms. The number of hydrogen-bond donors (Lipinski definition) is 3. The predicted octanol–water partition coefficient (Wildman–Crippen LogP) is 1.14. The fourth-order valence-corrected chi connectivity index (χ4v) is 1.91. The lowest BCUT2D eigenvalue weighted by molar-refractivity contribution is -0.120. The Hall–Kier alpha value is -0.790. The molecule has 18 heavy (non-hydrogen) atoms. The third kappa shape index (κ3) is 7.52. The summed E-state index contributed by atoms with van der Waals surface area (Å²) in [6.07, 6.45) is 7.54. The Labute approximate surface area is 126 Å². The van der Waals surface area contributed by atoms with Crippen molar-refractivity contribution >= 4 is 35.8 Å². The number of guanidine groups is 1. The van der Waals surface area contributed by atoms with Crippen LogP contribution in [0, 0.1) is 0 Å². The van der Waals surface area contributed by atoms with E-state index in [0.717, 1.165) is 12.8 Å². The molecule has 104 valence electrons. The zero-order valence-electron chi connectivity index (χ0n) is 10.7. The van der Waals surface area contributed by atoms with Crippen molar-refractivity contribution in [1.82, 2.24) is 10.6 Å². The topological polar surface area (TPSA) is 79.5 Å². The van der Waals surface area contributed by atoms with Crippen LogP contribution in [0.25, 0.3) is 0 Å². The highest BCUT2D eigenvalue weighted by Crippen LogP contribution is 2.17. The molecule has 0 aromatic carbocycles. The number of hydrogen-bond acceptors (Lipinski definition) is 2. The van der Waals surface area contributed by atoms with Gasteiger partial charge in [-0.3, -0.25) is 4.79 Å². The maximum atomic E-state index is 11.6. The van der Waals surface area contributed by atoms with Gasteiger partial charge in [0.05, 0.1) is 0 Å². The molecular weight excluding hydrogens is 343 g/mol. The Morgan fingerprint density at radius 2 is 2.06 bits per heavy atom. The van der Waals surface area contributed by atoms with Crippen molar-refractivity contribution in [2.24, 2.45) is 10.7 Å². The van der Waals surface area contributed by atoms with E-state index in [9.17, 15) is 4.79 Å². The molecule has 0 aromatic rings. The lowest BCUT2D eigenvalue weighted by Crippen LogP contribution is -2.39. The number of nitrogens with two attached hydrogens (primary N) is 1. The minimum atomic E-state index is -0.0553. The predicted molar refractivity (Wildman–Crippen MR) is 85.1 cm³/mol. The molecule has 0 aromatic heterocycles. The van der Waals surface area contributed by atoms with Crippen LogP contribution < -0.4 is 16.4 Å². The quantitative estimate of drug-likeness (QED) is 0.296. The highest BCUT2D eigenvalue weighted by molar-refractivity contribution is 14.0. The second-order valence-electron chi connectivity index (χ2n) is 4.27. The zero-order chi connectivity index (χ0) is 12.5. The minimum Gasteiger partial charge on any atom is -0.370 e. The Kier molecular flexibility index (Phi) is 9.72. The molecule has 0 radical (unpaired) electrons. The van der Waals surface area contributed by atoms with Gasteiger partial charge in [-0.25, -0.2) is 4.99 Å². The Bertz CT molecular complexity index is 288. The van der Waals surface area contributed by atoms with Crippen LogP contribution in [0.2, 0.25) is 0 Å². The van der Waals surface area contributed by atoms with E-state index in [0.29, 0.717) is 12.6 Å². The van der Waals surface area contributed by atoms with Gasteiger partial charge in [0, 0.05) is 12.6 Å². The van der Waals surface area contributed by atoms with Crippen LogP contribution in [0.15, 0.2) is 17.6 Å². The molecule has 4 N–H and O–H groups in total. The van der Waals surface area contributed by atoms with Crippen LogP contribution in [0.4, 0.5) is 0 Å². The number of nitrogens with one attached hydrogen (secondary N) is 2. The maximum Gasteiger partial charge on any atom is 0.242 e. The summed E-state index contributed by atoms with van der Waals surface area (Å²) in [5, 5.41) is 5.80. The van der Waals surface area contributed by atoms with Gasteiger partial charge in [-0.1, -0.05) is 25.3 Å². The van der Waals surface area contributed by atoms with E-state index < -0.39 is 0 Å². The average molecular weight is 366 g/mol. The van der Waals surface area contributed by atoms with Crippen molar-refractivity contribution in [2.45, 2.75) is 38.1 Å². The van der Waals surface area contributed by atoms with E-state index in [2.05, 4.69) is 22.2 Å². The van der Waals surface area contributed by atoms with Crippen molar-refractivity contribution in [3.05, 3.63) is 12.7 Å². The van der Waals surface area contributed by atoms with E-state index in [1.165, 1.54) is 19.3 Å². The molecule has 1 fully saturated rings. The van der Waals surface area contributed by atoms with Gasteiger partial charge in [-0.2, -0.15) is 0 Å². The molecular formula is C12H23IN4O. The van der Waals surface area contributed by atoms with Gasteiger partial charge in [0.25, 0.3) is 0 Å². The molecule has 0 unspecified atom stereocenters. The van der Waals surface area contributed by atoms with Crippen LogP contribution in [-0.4, -0.2) is 31.0 Å². The van der Waals surface area contributed by atoms with Gasteiger partial charge in [0.15, 0.2) is 5.96 Å². The zero-order valence-corrected chi connectivity index (χ0v) is 13.0. The Morgan fingerprint density at radius 1 is 1.39 bits per heavy atom. The lowest BCUT2D eigenvalue weighted by Gasteiger charge is -2.22. The fourth-order valence-electron chi connectivity index (χ4n) is 1.91. The van der Waals surface area contributed by atoms with Gasteiger partial charge >= 0.3 is 0 Å². The molecule has 0 atom stereocenters. The second-order valence-corrected chi connectivity index (χ2v) is 4.27. The first-order valence-corrected chi connectivity index (χ1v) is 6.16. The summed E-state index contributed by atoms with van der Waals surface area (Å²) in [5.74, 6) is 0.226. The SMILES string of the molecule is C=CCNC(N)=NCC(=O)NC1CCCCC1.I. The van der Waals surface area contributed by atoms with E-state index in [1.807, 2.05) is 0 Å². The highest BCUT2D eigenvalue weighted by atomic mass is 127. The number of carbonyl (C=O) groups is 1. The normalized spacial score (nSPS) is 16.6. The summed E-state index contributed by atoms with van der Waals surface area (Å²) < 4.78 is 0. The molecule has 0 heterocycles. The summed E-state index contributed by atoms with van der Waals surface area (Å²) in [6, 6.07) is 0.328. The standard InChI is InChI=1S/C12H22N4O.HI/c1-2-8-14-12(13)15-9-11(17)16-10-6-4-3-5-7-10;/h2,10H,1,3-9H2,(H,16,17)(H3,13,14,15);1H. The van der Waals surface area contributed by atoms with Crippen LogP contribution in [0.5, 0.6) is 0 Å². The smallest absolute Gasteiger partial charge is 0.242 e. The molecule has 0 bridgehead atoms. The number of amides is 1. The van der Waals surface area contributed by atoms with Crippen LogP contribution in [0.3, 0.4) is 0 Å². The van der Waals surface area contributed by atoms with E-state index in [4.69, 9.17) is 5.73 Å². The fraction of sp³-hybridized carbons (Fsp3) is 0.667. The summed E-state index contributed by atoms with van der Waals surface area (Å²) >= 11 is 0. The van der Waals surface area contributed by atoms with Crippen molar-refractivity contribution in [3.63, 3.8) is 0 Å². The van der Waals surface area contributed by atoms with E-state index in [-0.39, 0.29) is 42.4 Å². The van der Waals surface area contributed by atoms with Gasteiger partial charge in [-0.15, -0.1) is 30.6 Å². The third-order valence-corrected chi connectivity index (χ3v) is 2.79. The molecule has 0 aliphatic heterocycles. The van der Waals surface area contributed by atoms with Crippen LogP contribution in [0.1, 0.15) is 32.1 Å². The number of carbonyl (C=O) groups excluding carboxylic acids is 1. The van der Waals surface area contributed by atoms with Gasteiger partial charge in [-0.05, 0) is 12.8 Å². The van der Waals surface area contributed by atoms with Gasteiger partial charge < -0.3 is 16.4 Å². The molecule has 0 saturated heterocycles. The summed E-state index contributed by atoms with van der Waals surface area (Å²) in [5.41, 5.74) is 5.55. The largest absolute Gasteiger partial charge is 0.370 e. The molecule has 1 aliphatic carbocycles. The third-order valence-electron chi connectivity index (χ3n) is 2.79. The number of aliphatic imine (C=N–C) groups is 1.